The Bertz CT molecular complexity index is 350. The van der Waals surface area contributed by atoms with Crippen molar-refractivity contribution in [1.82, 2.24) is 15.0 Å². The molecular weight excluding hydrogens is 216 g/mol. The average Bonchev–Trinajstić information content (AvgIpc) is 2.77. The number of hydrogen-bond acceptors (Lipinski definition) is 5. The minimum atomic E-state index is 0.0711. The van der Waals surface area contributed by atoms with Crippen molar-refractivity contribution in [1.29, 1.82) is 0 Å². The molecule has 17 heavy (non-hydrogen) atoms. The lowest BCUT2D eigenvalue weighted by Crippen LogP contribution is -2.34. The van der Waals surface area contributed by atoms with Crippen LogP contribution in [0, 0.1) is 0 Å². The molecule has 0 aromatic carbocycles. The van der Waals surface area contributed by atoms with Crippen LogP contribution in [-0.4, -0.2) is 40.7 Å². The zero-order valence-electron chi connectivity index (χ0n) is 10.7. The highest BCUT2D eigenvalue weighted by atomic mass is 16.5. The third kappa shape index (κ3) is 3.26. The average molecular weight is 238 g/mol. The Balaban J connectivity index is 1.99. The third-order valence-electron chi connectivity index (χ3n) is 3.30. The van der Waals surface area contributed by atoms with Gasteiger partial charge in [-0.1, -0.05) is 12.1 Å². The minimum Gasteiger partial charge on any atom is -0.339 e. The number of nitrogens with zero attached hydrogens (tertiary/aromatic N) is 3. The van der Waals surface area contributed by atoms with Crippen molar-refractivity contribution < 1.29 is 4.52 Å². The van der Waals surface area contributed by atoms with E-state index in [9.17, 15) is 0 Å². The molecule has 96 valence electrons. The molecule has 1 saturated heterocycles. The van der Waals surface area contributed by atoms with Gasteiger partial charge < -0.3 is 15.2 Å². The number of nitrogens with two attached hydrogens (primary N) is 1. The van der Waals surface area contributed by atoms with Crippen LogP contribution in [0.5, 0.6) is 0 Å². The molecule has 1 aliphatic rings. The third-order valence-corrected chi connectivity index (χ3v) is 3.30. The fourth-order valence-corrected chi connectivity index (χ4v) is 2.35. The summed E-state index contributed by atoms with van der Waals surface area (Å²) in [5.41, 5.74) is 5.72. The molecule has 2 rings (SSSR count). The predicted octanol–water partition coefficient (Wildman–Crippen LogP) is 1.16. The Kier molecular flexibility index (Phi) is 4.12. The predicted molar refractivity (Wildman–Crippen MR) is 65.7 cm³/mol. The molecule has 2 atom stereocenters. The standard InChI is InChI=1S/C12H22N4O/c1-3-16-6-4-5-10(8-16)12-14-11(17-15-12)7-9(2)13/h9-10H,3-8,13H2,1-2H3. The van der Waals surface area contributed by atoms with E-state index in [1.807, 2.05) is 6.92 Å². The SMILES string of the molecule is CCN1CCCC(c2noc(CC(C)N)n2)C1. The molecule has 0 aliphatic carbocycles. The van der Waals surface area contributed by atoms with Gasteiger partial charge in [0.05, 0.1) is 0 Å². The Labute approximate surface area is 102 Å². The van der Waals surface area contributed by atoms with Crippen LogP contribution in [0.1, 0.15) is 44.3 Å². The molecule has 5 heteroatoms. The molecule has 2 N–H and O–H groups in total. The highest BCUT2D eigenvalue weighted by Crippen LogP contribution is 2.24. The highest BCUT2D eigenvalue weighted by molar-refractivity contribution is 4.99. The largest absolute Gasteiger partial charge is 0.339 e. The molecule has 0 bridgehead atoms. The van der Waals surface area contributed by atoms with E-state index in [-0.39, 0.29) is 6.04 Å². The molecule has 1 aromatic rings. The summed E-state index contributed by atoms with van der Waals surface area (Å²) in [6, 6.07) is 0.0711. The van der Waals surface area contributed by atoms with E-state index >= 15 is 0 Å². The fraction of sp³-hybridized carbons (Fsp3) is 0.833. The van der Waals surface area contributed by atoms with Crippen molar-refractivity contribution >= 4 is 0 Å². The molecular formula is C12H22N4O. The number of hydrogen-bond donors (Lipinski definition) is 1. The first kappa shape index (κ1) is 12.5. The van der Waals surface area contributed by atoms with Crippen molar-refractivity contribution in [2.45, 2.75) is 45.1 Å². The summed E-state index contributed by atoms with van der Waals surface area (Å²) >= 11 is 0. The van der Waals surface area contributed by atoms with Crippen LogP contribution < -0.4 is 5.73 Å². The number of aromatic nitrogens is 2. The fourth-order valence-electron chi connectivity index (χ4n) is 2.35. The van der Waals surface area contributed by atoms with Crippen molar-refractivity contribution in [2.24, 2.45) is 5.73 Å². The maximum atomic E-state index is 5.72. The number of likely N-dealkylation sites (N-methyl/N-ethyl adjacent to an activating group) is 1. The van der Waals surface area contributed by atoms with Crippen LogP contribution in [0.4, 0.5) is 0 Å². The van der Waals surface area contributed by atoms with E-state index in [0.717, 1.165) is 25.3 Å². The smallest absolute Gasteiger partial charge is 0.228 e. The van der Waals surface area contributed by atoms with E-state index < -0.39 is 0 Å². The summed E-state index contributed by atoms with van der Waals surface area (Å²) in [4.78, 5) is 6.90. The van der Waals surface area contributed by atoms with E-state index in [4.69, 9.17) is 10.3 Å². The molecule has 1 aliphatic heterocycles. The first-order valence-electron chi connectivity index (χ1n) is 6.49. The van der Waals surface area contributed by atoms with Gasteiger partial charge in [0.2, 0.25) is 5.89 Å². The normalized spacial score (nSPS) is 23.8. The van der Waals surface area contributed by atoms with E-state index in [2.05, 4.69) is 22.0 Å². The topological polar surface area (TPSA) is 68.2 Å². The van der Waals surface area contributed by atoms with Crippen molar-refractivity contribution in [3.63, 3.8) is 0 Å². The van der Waals surface area contributed by atoms with Crippen molar-refractivity contribution in [2.75, 3.05) is 19.6 Å². The van der Waals surface area contributed by atoms with Crippen LogP contribution in [-0.2, 0) is 6.42 Å². The summed E-state index contributed by atoms with van der Waals surface area (Å²) in [6.07, 6.45) is 3.04. The summed E-state index contributed by atoms with van der Waals surface area (Å²) in [5.74, 6) is 1.96. The molecule has 0 saturated carbocycles. The highest BCUT2D eigenvalue weighted by Gasteiger charge is 2.24. The quantitative estimate of drug-likeness (QED) is 0.852. The zero-order chi connectivity index (χ0) is 12.3. The lowest BCUT2D eigenvalue weighted by molar-refractivity contribution is 0.211. The number of piperidine rings is 1. The molecule has 5 nitrogen and oxygen atoms in total. The van der Waals surface area contributed by atoms with Gasteiger partial charge in [0.25, 0.3) is 0 Å². The van der Waals surface area contributed by atoms with E-state index in [0.29, 0.717) is 18.2 Å². The van der Waals surface area contributed by atoms with Crippen LogP contribution in [0.3, 0.4) is 0 Å². The Hall–Kier alpha value is -0.940. The first-order chi connectivity index (χ1) is 8.19. The zero-order valence-corrected chi connectivity index (χ0v) is 10.7. The first-order valence-corrected chi connectivity index (χ1v) is 6.49. The van der Waals surface area contributed by atoms with Crippen molar-refractivity contribution in [3.05, 3.63) is 11.7 Å². The summed E-state index contributed by atoms with van der Waals surface area (Å²) in [7, 11) is 0. The molecule has 0 radical (unpaired) electrons. The molecule has 0 amide bonds. The van der Waals surface area contributed by atoms with Crippen LogP contribution in [0.15, 0.2) is 4.52 Å². The molecule has 1 fully saturated rings. The maximum Gasteiger partial charge on any atom is 0.228 e. The number of likely N-dealkylation sites (tertiary alicyclic amines) is 1. The van der Waals surface area contributed by atoms with Gasteiger partial charge in [0.15, 0.2) is 5.82 Å². The Morgan fingerprint density at radius 1 is 1.59 bits per heavy atom. The number of rotatable bonds is 4. The van der Waals surface area contributed by atoms with Gasteiger partial charge in [0.1, 0.15) is 0 Å². The lowest BCUT2D eigenvalue weighted by Gasteiger charge is -2.29. The van der Waals surface area contributed by atoms with E-state index in [1.165, 1.54) is 13.0 Å². The lowest BCUT2D eigenvalue weighted by atomic mass is 9.97. The summed E-state index contributed by atoms with van der Waals surface area (Å²) < 4.78 is 5.24. The maximum absolute atomic E-state index is 5.72. The molecule has 2 heterocycles. The van der Waals surface area contributed by atoms with Gasteiger partial charge in [-0.05, 0) is 32.9 Å². The van der Waals surface area contributed by atoms with E-state index in [1.54, 1.807) is 0 Å². The minimum absolute atomic E-state index is 0.0711. The summed E-state index contributed by atoms with van der Waals surface area (Å²) in [5, 5.41) is 4.09. The van der Waals surface area contributed by atoms with Gasteiger partial charge in [-0.25, -0.2) is 0 Å². The van der Waals surface area contributed by atoms with Crippen LogP contribution in [0.2, 0.25) is 0 Å². The van der Waals surface area contributed by atoms with Gasteiger partial charge in [-0.2, -0.15) is 4.98 Å². The second-order valence-electron chi connectivity index (χ2n) is 4.96. The van der Waals surface area contributed by atoms with Crippen LogP contribution >= 0.6 is 0 Å². The Morgan fingerprint density at radius 3 is 3.12 bits per heavy atom. The Morgan fingerprint density at radius 2 is 2.41 bits per heavy atom. The summed E-state index contributed by atoms with van der Waals surface area (Å²) in [6.45, 7) is 7.48. The molecule has 2 unspecified atom stereocenters. The monoisotopic (exact) mass is 238 g/mol. The van der Waals surface area contributed by atoms with Gasteiger partial charge >= 0.3 is 0 Å². The second kappa shape index (κ2) is 5.60. The van der Waals surface area contributed by atoms with Gasteiger partial charge in [-0.3, -0.25) is 0 Å². The molecule has 1 aromatic heterocycles. The van der Waals surface area contributed by atoms with Crippen molar-refractivity contribution in [3.8, 4) is 0 Å². The second-order valence-corrected chi connectivity index (χ2v) is 4.96. The van der Waals surface area contributed by atoms with Gasteiger partial charge in [0, 0.05) is 24.9 Å². The van der Waals surface area contributed by atoms with Gasteiger partial charge in [-0.15, -0.1) is 0 Å². The van der Waals surface area contributed by atoms with Crippen LogP contribution in [0.25, 0.3) is 0 Å². The molecule has 0 spiro atoms.